The van der Waals surface area contributed by atoms with Crippen molar-refractivity contribution in [2.24, 2.45) is 5.92 Å². The summed E-state index contributed by atoms with van der Waals surface area (Å²) in [7, 11) is 1.76. The lowest BCUT2D eigenvalue weighted by Crippen LogP contribution is -2.50. The first-order valence-corrected chi connectivity index (χ1v) is 12.8. The first-order chi connectivity index (χ1) is 15.9. The highest BCUT2D eigenvalue weighted by atomic mass is 32.2. The molecule has 3 rings (SSSR count). The van der Waals surface area contributed by atoms with Crippen LogP contribution in [0.15, 0.2) is 29.4 Å². The zero-order chi connectivity index (χ0) is 23.8. The summed E-state index contributed by atoms with van der Waals surface area (Å²) in [6.45, 7) is 7.47. The summed E-state index contributed by atoms with van der Waals surface area (Å²) in [5.74, 6) is 2.12. The molecular weight excluding hydrogens is 434 g/mol. The van der Waals surface area contributed by atoms with Gasteiger partial charge in [-0.15, -0.1) is 10.2 Å². The van der Waals surface area contributed by atoms with Gasteiger partial charge in [-0.05, 0) is 42.9 Å². The molecule has 1 aliphatic rings. The highest BCUT2D eigenvalue weighted by molar-refractivity contribution is 7.99. The second-order valence-corrected chi connectivity index (χ2v) is 10.1. The lowest BCUT2D eigenvalue weighted by molar-refractivity contribution is -0.131. The van der Waals surface area contributed by atoms with Gasteiger partial charge in [0.05, 0.1) is 11.8 Å². The molecule has 2 aromatic rings. The maximum Gasteiger partial charge on any atom is 0.234 e. The van der Waals surface area contributed by atoms with Gasteiger partial charge in [0, 0.05) is 13.6 Å². The number of ether oxygens (including phenoxy) is 1. The molecule has 0 bridgehead atoms. The first-order valence-electron chi connectivity index (χ1n) is 11.8. The van der Waals surface area contributed by atoms with E-state index in [1.54, 1.807) is 11.9 Å². The average molecular weight is 470 g/mol. The van der Waals surface area contributed by atoms with Crippen molar-refractivity contribution in [1.29, 1.82) is 5.26 Å². The zero-order valence-corrected chi connectivity index (χ0v) is 21.0. The number of nitriles is 1. The largest absolute Gasteiger partial charge is 0.486 e. The van der Waals surface area contributed by atoms with Gasteiger partial charge < -0.3 is 14.2 Å². The molecule has 178 valence electrons. The fourth-order valence-corrected chi connectivity index (χ4v) is 5.05. The van der Waals surface area contributed by atoms with Crippen LogP contribution in [0.2, 0.25) is 0 Å². The second kappa shape index (κ2) is 11.6. The quantitative estimate of drug-likeness (QED) is 0.462. The number of benzene rings is 1. The molecule has 0 unspecified atom stereocenters. The van der Waals surface area contributed by atoms with Crippen LogP contribution in [0.25, 0.3) is 0 Å². The van der Waals surface area contributed by atoms with Gasteiger partial charge >= 0.3 is 0 Å². The molecule has 7 nitrogen and oxygen atoms in total. The molecule has 0 saturated heterocycles. The highest BCUT2D eigenvalue weighted by Crippen LogP contribution is 2.33. The molecule has 1 aromatic heterocycles. The second-order valence-electron chi connectivity index (χ2n) is 9.13. The van der Waals surface area contributed by atoms with E-state index in [-0.39, 0.29) is 11.7 Å². The van der Waals surface area contributed by atoms with Crippen LogP contribution in [0.5, 0.6) is 5.75 Å². The van der Waals surface area contributed by atoms with E-state index in [1.165, 1.54) is 17.3 Å². The molecule has 1 aromatic carbocycles. The molecule has 0 radical (unpaired) electrons. The molecular formula is C25H35N5O2S. The number of carbonyl (C=O) groups excluding carboxylic acids is 1. The van der Waals surface area contributed by atoms with E-state index in [0.717, 1.165) is 56.6 Å². The number of aromatic nitrogens is 3. The molecule has 8 heteroatoms. The number of hydrogen-bond donors (Lipinski definition) is 0. The summed E-state index contributed by atoms with van der Waals surface area (Å²) in [6, 6.07) is 10.5. The van der Waals surface area contributed by atoms with Gasteiger partial charge in [-0.3, -0.25) is 4.79 Å². The van der Waals surface area contributed by atoms with Crippen molar-refractivity contribution in [3.05, 3.63) is 35.7 Å². The Bertz CT molecular complexity index is 958. The summed E-state index contributed by atoms with van der Waals surface area (Å²) in [5.41, 5.74) is 0.596. The minimum absolute atomic E-state index is 0.0450. The molecule has 0 aliphatic heterocycles. The third-order valence-electron chi connectivity index (χ3n) is 6.27. The van der Waals surface area contributed by atoms with Gasteiger partial charge in [0.15, 0.2) is 11.0 Å². The standard InChI is InChI=1S/C25H35N5O2S/c1-5-20-9-11-21(12-10-20)32-16-22-27-28-24(30(22)15-19(2)3)33-17-23(31)29(4)25(18-26)13-7-6-8-14-25/h9-12,19H,5-8,13-17H2,1-4H3. The van der Waals surface area contributed by atoms with Crippen molar-refractivity contribution in [2.75, 3.05) is 12.8 Å². The number of aryl methyl sites for hydroxylation is 1. The Morgan fingerprint density at radius 1 is 1.24 bits per heavy atom. The molecule has 0 atom stereocenters. The fourth-order valence-electron chi connectivity index (χ4n) is 4.17. The summed E-state index contributed by atoms with van der Waals surface area (Å²) >= 11 is 1.38. The zero-order valence-electron chi connectivity index (χ0n) is 20.2. The van der Waals surface area contributed by atoms with E-state index in [0.29, 0.717) is 17.7 Å². The minimum Gasteiger partial charge on any atom is -0.486 e. The van der Waals surface area contributed by atoms with Crippen LogP contribution in [-0.4, -0.2) is 43.9 Å². The lowest BCUT2D eigenvalue weighted by atomic mass is 9.81. The summed E-state index contributed by atoms with van der Waals surface area (Å²) in [6.07, 6.45) is 5.61. The number of amides is 1. The van der Waals surface area contributed by atoms with Crippen LogP contribution in [0.4, 0.5) is 0 Å². The van der Waals surface area contributed by atoms with E-state index in [2.05, 4.69) is 49.2 Å². The van der Waals surface area contributed by atoms with Gasteiger partial charge in [0.25, 0.3) is 0 Å². The number of carbonyl (C=O) groups is 1. The van der Waals surface area contributed by atoms with Crippen LogP contribution < -0.4 is 4.74 Å². The Morgan fingerprint density at radius 3 is 2.55 bits per heavy atom. The number of rotatable bonds is 10. The maximum atomic E-state index is 13.0. The Hall–Kier alpha value is -2.53. The molecule has 1 saturated carbocycles. The smallest absolute Gasteiger partial charge is 0.234 e. The summed E-state index contributed by atoms with van der Waals surface area (Å²) < 4.78 is 8.00. The van der Waals surface area contributed by atoms with Crippen molar-refractivity contribution < 1.29 is 9.53 Å². The van der Waals surface area contributed by atoms with Crippen LogP contribution in [0.1, 0.15) is 64.3 Å². The van der Waals surface area contributed by atoms with Crippen molar-refractivity contribution in [3.63, 3.8) is 0 Å². The van der Waals surface area contributed by atoms with E-state index >= 15 is 0 Å². The van der Waals surface area contributed by atoms with E-state index in [4.69, 9.17) is 4.74 Å². The molecule has 0 spiro atoms. The number of thioether (sulfide) groups is 1. The Labute approximate surface area is 201 Å². The van der Waals surface area contributed by atoms with Crippen LogP contribution in [-0.2, 0) is 24.4 Å². The maximum absolute atomic E-state index is 13.0. The van der Waals surface area contributed by atoms with Crippen LogP contribution >= 0.6 is 11.8 Å². The third kappa shape index (κ3) is 6.29. The third-order valence-corrected chi connectivity index (χ3v) is 7.22. The molecule has 1 amide bonds. The minimum atomic E-state index is -0.673. The predicted molar refractivity (Wildman–Crippen MR) is 130 cm³/mol. The van der Waals surface area contributed by atoms with Crippen molar-refractivity contribution >= 4 is 17.7 Å². The van der Waals surface area contributed by atoms with E-state index in [9.17, 15) is 10.1 Å². The summed E-state index contributed by atoms with van der Waals surface area (Å²) in [4.78, 5) is 14.6. The summed E-state index contributed by atoms with van der Waals surface area (Å²) in [5, 5.41) is 19.2. The monoisotopic (exact) mass is 469 g/mol. The highest BCUT2D eigenvalue weighted by Gasteiger charge is 2.38. The average Bonchev–Trinajstić information content (AvgIpc) is 3.21. The van der Waals surface area contributed by atoms with Gasteiger partial charge in [-0.2, -0.15) is 5.26 Å². The van der Waals surface area contributed by atoms with Gasteiger partial charge in [-0.1, -0.05) is 63.9 Å². The van der Waals surface area contributed by atoms with Crippen LogP contribution in [0, 0.1) is 17.2 Å². The van der Waals surface area contributed by atoms with E-state index in [1.807, 2.05) is 16.7 Å². The fraction of sp³-hybridized carbons (Fsp3) is 0.600. The van der Waals surface area contributed by atoms with Crippen molar-refractivity contribution in [2.45, 2.75) is 83.1 Å². The first kappa shape index (κ1) is 25.1. The van der Waals surface area contributed by atoms with E-state index < -0.39 is 5.54 Å². The van der Waals surface area contributed by atoms with Gasteiger partial charge in [-0.25, -0.2) is 0 Å². The van der Waals surface area contributed by atoms with Crippen molar-refractivity contribution in [1.82, 2.24) is 19.7 Å². The number of nitrogens with zero attached hydrogens (tertiary/aromatic N) is 5. The molecule has 1 fully saturated rings. The van der Waals surface area contributed by atoms with Gasteiger partial charge in [0.1, 0.15) is 17.9 Å². The molecule has 1 aliphatic carbocycles. The SMILES string of the molecule is CCc1ccc(OCc2nnc(SCC(=O)N(C)C3(C#N)CCCCC3)n2CC(C)C)cc1. The molecule has 33 heavy (non-hydrogen) atoms. The predicted octanol–water partition coefficient (Wildman–Crippen LogP) is 4.85. The lowest BCUT2D eigenvalue weighted by Gasteiger charge is -2.39. The Kier molecular flexibility index (Phi) is 8.79. The Morgan fingerprint density at radius 2 is 1.94 bits per heavy atom. The Balaban J connectivity index is 1.66. The van der Waals surface area contributed by atoms with Crippen LogP contribution in [0.3, 0.4) is 0 Å². The number of hydrogen-bond acceptors (Lipinski definition) is 6. The topological polar surface area (TPSA) is 84.0 Å². The van der Waals surface area contributed by atoms with Gasteiger partial charge in [0.2, 0.25) is 5.91 Å². The van der Waals surface area contributed by atoms with Crippen molar-refractivity contribution in [3.8, 4) is 11.8 Å². The molecule has 1 heterocycles. The normalized spacial score (nSPS) is 15.3. The molecule has 0 N–H and O–H groups in total.